The molecule has 0 bridgehead atoms. The first kappa shape index (κ1) is 21.7. The van der Waals surface area contributed by atoms with E-state index in [2.05, 4.69) is 39.8 Å². The Morgan fingerprint density at radius 3 is 1.77 bits per heavy atom. The predicted molar refractivity (Wildman–Crippen MR) is 103 cm³/mol. The Morgan fingerprint density at radius 1 is 0.636 bits per heavy atom. The minimum Gasteiger partial charge on any atom is -0.0885 e. The van der Waals surface area contributed by atoms with E-state index in [4.69, 9.17) is 0 Å². The zero-order valence-electron chi connectivity index (χ0n) is 15.6. The molecule has 0 aliphatic rings. The van der Waals surface area contributed by atoms with Crippen LogP contribution >= 0.6 is 0 Å². The van der Waals surface area contributed by atoms with Crippen LogP contribution in [0.2, 0.25) is 0 Å². The van der Waals surface area contributed by atoms with E-state index >= 15 is 0 Å². The Labute approximate surface area is 142 Å². The Morgan fingerprint density at radius 2 is 1.18 bits per heavy atom. The lowest BCUT2D eigenvalue weighted by atomic mass is 9.86. The zero-order chi connectivity index (χ0) is 16.5. The normalized spacial score (nSPS) is 13.3. The lowest BCUT2D eigenvalue weighted by Gasteiger charge is -2.20. The Kier molecular flexibility index (Phi) is 16.9. The van der Waals surface area contributed by atoms with Crippen LogP contribution in [0.25, 0.3) is 0 Å². The summed E-state index contributed by atoms with van der Waals surface area (Å²) in [5.41, 5.74) is 0. The van der Waals surface area contributed by atoms with Gasteiger partial charge in [-0.15, -0.1) is 0 Å². The molecule has 0 aromatic rings. The van der Waals surface area contributed by atoms with E-state index in [1.165, 1.54) is 77.0 Å². The van der Waals surface area contributed by atoms with Gasteiger partial charge in [0.1, 0.15) is 0 Å². The summed E-state index contributed by atoms with van der Waals surface area (Å²) in [5, 5.41) is 0. The van der Waals surface area contributed by atoms with Gasteiger partial charge >= 0.3 is 0 Å². The van der Waals surface area contributed by atoms with Gasteiger partial charge in [-0.1, -0.05) is 104 Å². The van der Waals surface area contributed by atoms with Crippen molar-refractivity contribution in [1.29, 1.82) is 0 Å². The third kappa shape index (κ3) is 14.7. The van der Waals surface area contributed by atoms with Gasteiger partial charge in [0.2, 0.25) is 0 Å². The van der Waals surface area contributed by atoms with Gasteiger partial charge in [-0.3, -0.25) is 0 Å². The van der Waals surface area contributed by atoms with Crippen molar-refractivity contribution < 1.29 is 0 Å². The predicted octanol–water partition coefficient (Wildman–Crippen LogP) is 7.94. The molecule has 0 saturated carbocycles. The molecular formula is C22H42. The average Bonchev–Trinajstić information content (AvgIpc) is 2.50. The van der Waals surface area contributed by atoms with Crippen molar-refractivity contribution in [3.63, 3.8) is 0 Å². The lowest BCUT2D eigenvalue weighted by molar-refractivity contribution is 0.326. The SMILES string of the molecule is [CH2]CCCCCC/C=C/CCC(CCCCCC[CH2])C(C)C. The van der Waals surface area contributed by atoms with Crippen molar-refractivity contribution in [2.45, 2.75) is 104 Å². The number of allylic oxidation sites excluding steroid dienone is 2. The first-order chi connectivity index (χ1) is 10.7. The summed E-state index contributed by atoms with van der Waals surface area (Å²) in [6.07, 6.45) is 23.3. The molecule has 130 valence electrons. The topological polar surface area (TPSA) is 0 Å². The van der Waals surface area contributed by atoms with Gasteiger partial charge in [0.05, 0.1) is 0 Å². The van der Waals surface area contributed by atoms with E-state index in [1.807, 2.05) is 0 Å². The Hall–Kier alpha value is -0.260. The molecule has 0 aliphatic heterocycles. The molecule has 2 radical (unpaired) electrons. The minimum atomic E-state index is 0.837. The van der Waals surface area contributed by atoms with Gasteiger partial charge in [-0.25, -0.2) is 0 Å². The fourth-order valence-corrected chi connectivity index (χ4v) is 3.09. The highest BCUT2D eigenvalue weighted by atomic mass is 14.2. The van der Waals surface area contributed by atoms with Crippen LogP contribution in [0.15, 0.2) is 12.2 Å². The molecule has 0 aromatic heterocycles. The molecule has 22 heavy (non-hydrogen) atoms. The maximum absolute atomic E-state index is 3.92. The average molecular weight is 307 g/mol. The quantitative estimate of drug-likeness (QED) is 0.200. The molecule has 0 amide bonds. The van der Waals surface area contributed by atoms with Crippen molar-refractivity contribution in [3.05, 3.63) is 26.0 Å². The molecule has 0 N–H and O–H groups in total. The van der Waals surface area contributed by atoms with Crippen molar-refractivity contribution in [1.82, 2.24) is 0 Å². The molecule has 0 spiro atoms. The summed E-state index contributed by atoms with van der Waals surface area (Å²) in [5.74, 6) is 1.75. The second kappa shape index (κ2) is 17.1. The van der Waals surface area contributed by atoms with Gasteiger partial charge in [-0.2, -0.15) is 0 Å². The van der Waals surface area contributed by atoms with Crippen LogP contribution < -0.4 is 0 Å². The van der Waals surface area contributed by atoms with Crippen LogP contribution in [0.1, 0.15) is 104 Å². The van der Waals surface area contributed by atoms with E-state index < -0.39 is 0 Å². The molecule has 0 aliphatic carbocycles. The molecule has 0 nitrogen and oxygen atoms in total. The zero-order valence-corrected chi connectivity index (χ0v) is 15.6. The summed E-state index contributed by atoms with van der Waals surface area (Å²) in [6.45, 7) is 12.6. The second-order valence-electron chi connectivity index (χ2n) is 7.17. The van der Waals surface area contributed by atoms with Crippen molar-refractivity contribution in [3.8, 4) is 0 Å². The third-order valence-electron chi connectivity index (χ3n) is 4.76. The van der Waals surface area contributed by atoms with Crippen LogP contribution in [-0.2, 0) is 0 Å². The monoisotopic (exact) mass is 306 g/mol. The fraction of sp³-hybridized carbons (Fsp3) is 0.818. The van der Waals surface area contributed by atoms with Crippen LogP contribution in [0.3, 0.4) is 0 Å². The summed E-state index contributed by atoms with van der Waals surface area (Å²) in [7, 11) is 0. The van der Waals surface area contributed by atoms with Gasteiger partial charge in [0.15, 0.2) is 0 Å². The molecule has 0 heterocycles. The number of unbranched alkanes of at least 4 members (excludes halogenated alkanes) is 9. The second-order valence-corrected chi connectivity index (χ2v) is 7.17. The van der Waals surface area contributed by atoms with Crippen LogP contribution in [0.4, 0.5) is 0 Å². The number of hydrogen-bond acceptors (Lipinski definition) is 0. The van der Waals surface area contributed by atoms with Crippen LogP contribution in [0.5, 0.6) is 0 Å². The molecule has 0 rings (SSSR count). The summed E-state index contributed by atoms with van der Waals surface area (Å²) >= 11 is 0. The summed E-state index contributed by atoms with van der Waals surface area (Å²) < 4.78 is 0. The fourth-order valence-electron chi connectivity index (χ4n) is 3.09. The standard InChI is InChI=1S/C22H42/c1-5-7-9-11-12-13-14-16-18-20-22(21(3)4)19-17-15-10-8-6-2/h14,16,21-22H,1-2,5-13,15,17-20H2,3-4H3/b16-14+. The van der Waals surface area contributed by atoms with E-state index in [1.54, 1.807) is 0 Å². The van der Waals surface area contributed by atoms with Crippen LogP contribution in [0, 0.1) is 25.7 Å². The molecule has 0 aromatic carbocycles. The van der Waals surface area contributed by atoms with Gasteiger partial charge in [0, 0.05) is 0 Å². The van der Waals surface area contributed by atoms with Crippen molar-refractivity contribution >= 4 is 0 Å². The highest BCUT2D eigenvalue weighted by molar-refractivity contribution is 4.82. The maximum Gasteiger partial charge on any atom is -0.0348 e. The smallest absolute Gasteiger partial charge is 0.0348 e. The van der Waals surface area contributed by atoms with Gasteiger partial charge in [0.25, 0.3) is 0 Å². The third-order valence-corrected chi connectivity index (χ3v) is 4.76. The maximum atomic E-state index is 3.92. The Bertz CT molecular complexity index is 226. The highest BCUT2D eigenvalue weighted by Crippen LogP contribution is 2.24. The summed E-state index contributed by atoms with van der Waals surface area (Å²) in [4.78, 5) is 0. The van der Waals surface area contributed by atoms with E-state index in [-0.39, 0.29) is 0 Å². The lowest BCUT2D eigenvalue weighted by Crippen LogP contribution is -2.08. The van der Waals surface area contributed by atoms with Crippen LogP contribution in [-0.4, -0.2) is 0 Å². The molecule has 0 fully saturated rings. The first-order valence-corrected chi connectivity index (χ1v) is 9.95. The molecule has 1 unspecified atom stereocenters. The summed E-state index contributed by atoms with van der Waals surface area (Å²) in [6, 6.07) is 0. The van der Waals surface area contributed by atoms with E-state index in [0.29, 0.717) is 0 Å². The van der Waals surface area contributed by atoms with E-state index in [9.17, 15) is 0 Å². The highest BCUT2D eigenvalue weighted by Gasteiger charge is 2.11. The van der Waals surface area contributed by atoms with E-state index in [0.717, 1.165) is 24.7 Å². The molecule has 1 atom stereocenters. The number of hydrogen-bond donors (Lipinski definition) is 0. The first-order valence-electron chi connectivity index (χ1n) is 9.95. The molecule has 0 saturated heterocycles. The molecular weight excluding hydrogens is 264 g/mol. The van der Waals surface area contributed by atoms with Crippen molar-refractivity contribution in [2.75, 3.05) is 0 Å². The molecule has 0 heteroatoms. The van der Waals surface area contributed by atoms with Gasteiger partial charge in [-0.05, 0) is 37.5 Å². The largest absolute Gasteiger partial charge is 0.0885 e. The van der Waals surface area contributed by atoms with Gasteiger partial charge < -0.3 is 0 Å². The van der Waals surface area contributed by atoms with Crippen molar-refractivity contribution in [2.24, 2.45) is 11.8 Å². The number of rotatable bonds is 16. The Balaban J connectivity index is 3.59. The minimum absolute atomic E-state index is 0.837.